The van der Waals surface area contributed by atoms with E-state index in [4.69, 9.17) is 9.88 Å². The third kappa shape index (κ3) is 3.65. The lowest BCUT2D eigenvalue weighted by atomic mass is 10.2. The highest BCUT2D eigenvalue weighted by Crippen LogP contribution is 2.28. The Bertz CT molecular complexity index is 1080. The molecule has 0 aliphatic rings. The summed E-state index contributed by atoms with van der Waals surface area (Å²) in [4.78, 5) is 15.6. The lowest BCUT2D eigenvalue weighted by Crippen LogP contribution is -2.12. The molecule has 0 unspecified atom stereocenters. The van der Waals surface area contributed by atoms with Crippen LogP contribution < -0.4 is 9.88 Å². The summed E-state index contributed by atoms with van der Waals surface area (Å²) in [6.07, 6.45) is 2.41. The molecule has 25 heavy (non-hydrogen) atoms. The quantitative estimate of drug-likeness (QED) is 0.645. The highest BCUT2D eigenvalue weighted by Gasteiger charge is 2.15. The fourth-order valence-corrected chi connectivity index (χ4v) is 3.74. The SMILES string of the molecule is COC(=O)Oc1ccc2nc(-c3ccc(Br)c(S(N)(=O)=O)c3)cn2c1. The van der Waals surface area contributed by atoms with Gasteiger partial charge in [-0.2, -0.15) is 0 Å². The molecule has 0 aliphatic carbocycles. The first kappa shape index (κ1) is 17.4. The number of hydrogen-bond donors (Lipinski definition) is 1. The van der Waals surface area contributed by atoms with Gasteiger partial charge in [-0.1, -0.05) is 6.07 Å². The van der Waals surface area contributed by atoms with E-state index in [2.05, 4.69) is 25.7 Å². The Hall–Kier alpha value is -2.43. The minimum atomic E-state index is -3.87. The number of halogens is 1. The molecule has 10 heteroatoms. The van der Waals surface area contributed by atoms with Gasteiger partial charge in [-0.05, 0) is 40.2 Å². The van der Waals surface area contributed by atoms with E-state index in [1.54, 1.807) is 41.1 Å². The van der Waals surface area contributed by atoms with E-state index < -0.39 is 16.2 Å². The smallest absolute Gasteiger partial charge is 0.437 e. The maximum Gasteiger partial charge on any atom is 0.513 e. The molecular weight excluding hydrogens is 414 g/mol. The molecule has 0 atom stereocenters. The van der Waals surface area contributed by atoms with Crippen molar-refractivity contribution < 1.29 is 22.7 Å². The number of carbonyl (C=O) groups excluding carboxylic acids is 1. The summed E-state index contributed by atoms with van der Waals surface area (Å²) in [5, 5.41) is 5.22. The summed E-state index contributed by atoms with van der Waals surface area (Å²) in [5.41, 5.74) is 1.70. The Morgan fingerprint density at radius 2 is 2.00 bits per heavy atom. The maximum atomic E-state index is 11.6. The molecule has 0 saturated heterocycles. The number of sulfonamides is 1. The zero-order valence-corrected chi connectivity index (χ0v) is 15.2. The van der Waals surface area contributed by atoms with Crippen molar-refractivity contribution in [3.63, 3.8) is 0 Å². The number of primary sulfonamides is 1. The Morgan fingerprint density at radius 3 is 2.68 bits per heavy atom. The fraction of sp³-hybridized carbons (Fsp3) is 0.0667. The van der Waals surface area contributed by atoms with Crippen LogP contribution in [0, 0.1) is 0 Å². The van der Waals surface area contributed by atoms with Crippen LogP contribution in [0.25, 0.3) is 16.9 Å². The van der Waals surface area contributed by atoms with Crippen molar-refractivity contribution in [1.82, 2.24) is 9.38 Å². The van der Waals surface area contributed by atoms with Gasteiger partial charge in [0.15, 0.2) is 5.75 Å². The summed E-state index contributed by atoms with van der Waals surface area (Å²) in [6.45, 7) is 0. The highest BCUT2D eigenvalue weighted by molar-refractivity contribution is 9.10. The number of fused-ring (bicyclic) bond motifs is 1. The van der Waals surface area contributed by atoms with Crippen molar-refractivity contribution in [1.29, 1.82) is 0 Å². The first-order chi connectivity index (χ1) is 11.8. The largest absolute Gasteiger partial charge is 0.513 e. The molecule has 3 rings (SSSR count). The summed E-state index contributed by atoms with van der Waals surface area (Å²) >= 11 is 3.17. The van der Waals surface area contributed by atoms with Crippen molar-refractivity contribution >= 4 is 37.8 Å². The van der Waals surface area contributed by atoms with Crippen molar-refractivity contribution in [2.45, 2.75) is 4.90 Å². The van der Waals surface area contributed by atoms with Gasteiger partial charge in [0.2, 0.25) is 10.0 Å². The predicted molar refractivity (Wildman–Crippen MR) is 92.7 cm³/mol. The zero-order valence-electron chi connectivity index (χ0n) is 12.8. The average Bonchev–Trinajstić information content (AvgIpc) is 2.97. The molecule has 0 amide bonds. The second-order valence-corrected chi connectivity index (χ2v) is 7.39. The molecule has 1 aromatic carbocycles. The van der Waals surface area contributed by atoms with E-state index in [-0.39, 0.29) is 10.6 Å². The third-order valence-corrected chi connectivity index (χ3v) is 5.23. The number of pyridine rings is 1. The van der Waals surface area contributed by atoms with Crippen LogP contribution in [-0.2, 0) is 14.8 Å². The van der Waals surface area contributed by atoms with Gasteiger partial charge in [0.05, 0.1) is 23.9 Å². The summed E-state index contributed by atoms with van der Waals surface area (Å²) in [6, 6.07) is 7.96. The van der Waals surface area contributed by atoms with Gasteiger partial charge in [0, 0.05) is 16.2 Å². The van der Waals surface area contributed by atoms with Crippen LogP contribution in [0.15, 0.2) is 52.1 Å². The number of carbonyl (C=O) groups is 1. The van der Waals surface area contributed by atoms with Crippen LogP contribution in [-0.4, -0.2) is 31.1 Å². The molecule has 0 bridgehead atoms. The average molecular weight is 426 g/mol. The van der Waals surface area contributed by atoms with Crippen LogP contribution >= 0.6 is 15.9 Å². The number of hydrogen-bond acceptors (Lipinski definition) is 6. The first-order valence-corrected chi connectivity index (χ1v) is 9.19. The van der Waals surface area contributed by atoms with Crippen molar-refractivity contribution in [2.24, 2.45) is 5.14 Å². The first-order valence-electron chi connectivity index (χ1n) is 6.85. The van der Waals surface area contributed by atoms with E-state index in [1.165, 1.54) is 13.2 Å². The van der Waals surface area contributed by atoms with Gasteiger partial charge < -0.3 is 13.9 Å². The number of ether oxygens (including phenoxy) is 2. The number of aromatic nitrogens is 2. The second kappa shape index (κ2) is 6.47. The van der Waals surface area contributed by atoms with Crippen molar-refractivity contribution in [3.8, 4) is 17.0 Å². The molecule has 3 aromatic rings. The van der Waals surface area contributed by atoms with E-state index in [0.717, 1.165) is 0 Å². The lowest BCUT2D eigenvalue weighted by Gasteiger charge is -2.04. The minimum Gasteiger partial charge on any atom is -0.437 e. The molecule has 2 heterocycles. The topological polar surface area (TPSA) is 113 Å². The molecule has 8 nitrogen and oxygen atoms in total. The molecule has 2 aromatic heterocycles. The number of nitrogens with zero attached hydrogens (tertiary/aromatic N) is 2. The monoisotopic (exact) mass is 425 g/mol. The van der Waals surface area contributed by atoms with Crippen LogP contribution in [0.3, 0.4) is 0 Å². The number of benzene rings is 1. The summed E-state index contributed by atoms with van der Waals surface area (Å²) < 4.78 is 34.7. The maximum absolute atomic E-state index is 11.6. The van der Waals surface area contributed by atoms with E-state index >= 15 is 0 Å². The minimum absolute atomic E-state index is 0.0308. The zero-order chi connectivity index (χ0) is 18.2. The van der Waals surface area contributed by atoms with E-state index in [9.17, 15) is 13.2 Å². The standard InChI is InChI=1S/C15H12BrN3O5S/c1-23-15(20)24-10-3-5-14-18-12(8-19(14)7-10)9-2-4-11(16)13(6-9)25(17,21)22/h2-8H,1H3,(H2,17,21,22). The van der Waals surface area contributed by atoms with Gasteiger partial charge in [-0.25, -0.2) is 23.3 Å². The van der Waals surface area contributed by atoms with Gasteiger partial charge in [-0.15, -0.1) is 0 Å². The highest BCUT2D eigenvalue weighted by atomic mass is 79.9. The molecule has 0 radical (unpaired) electrons. The molecule has 130 valence electrons. The van der Waals surface area contributed by atoms with Gasteiger partial charge in [0.1, 0.15) is 5.65 Å². The summed E-state index contributed by atoms with van der Waals surface area (Å²) in [7, 11) is -2.65. The number of nitrogens with two attached hydrogens (primary N) is 1. The third-order valence-electron chi connectivity index (χ3n) is 3.33. The Balaban J connectivity index is 2.04. The molecule has 0 aliphatic heterocycles. The fourth-order valence-electron chi connectivity index (χ4n) is 2.19. The Morgan fingerprint density at radius 1 is 1.24 bits per heavy atom. The van der Waals surface area contributed by atoms with E-state index in [1.807, 2.05) is 0 Å². The molecule has 0 saturated carbocycles. The van der Waals surface area contributed by atoms with Gasteiger partial charge in [0.25, 0.3) is 0 Å². The van der Waals surface area contributed by atoms with Crippen LogP contribution in [0.5, 0.6) is 5.75 Å². The Labute approximate surface area is 151 Å². The summed E-state index contributed by atoms with van der Waals surface area (Å²) in [5.74, 6) is 0.282. The van der Waals surface area contributed by atoms with Crippen molar-refractivity contribution in [3.05, 3.63) is 47.2 Å². The number of methoxy groups -OCH3 is 1. The van der Waals surface area contributed by atoms with Crippen molar-refractivity contribution in [2.75, 3.05) is 7.11 Å². The normalized spacial score (nSPS) is 11.5. The number of rotatable bonds is 3. The van der Waals surface area contributed by atoms with Gasteiger partial charge >= 0.3 is 6.16 Å². The van der Waals surface area contributed by atoms with Crippen LogP contribution in [0.1, 0.15) is 0 Å². The number of imidazole rings is 1. The lowest BCUT2D eigenvalue weighted by molar-refractivity contribution is 0.121. The second-order valence-electron chi connectivity index (χ2n) is 5.00. The van der Waals surface area contributed by atoms with Crippen LogP contribution in [0.2, 0.25) is 0 Å². The molecule has 0 spiro atoms. The predicted octanol–water partition coefficient (Wildman–Crippen LogP) is 2.56. The Kier molecular flexibility index (Phi) is 4.50. The molecule has 2 N–H and O–H groups in total. The van der Waals surface area contributed by atoms with E-state index in [0.29, 0.717) is 21.4 Å². The van der Waals surface area contributed by atoms with Crippen LogP contribution in [0.4, 0.5) is 4.79 Å². The molecule has 0 fully saturated rings. The molecular formula is C15H12BrN3O5S. The van der Waals surface area contributed by atoms with Gasteiger partial charge in [-0.3, -0.25) is 0 Å².